The molecule has 0 saturated heterocycles. The van der Waals surface area contributed by atoms with E-state index in [1.165, 1.54) is 6.92 Å². The maximum Gasteiger partial charge on any atom is 0.311 e. The molecule has 2 aromatic rings. The zero-order valence-corrected chi connectivity index (χ0v) is 16.6. The lowest BCUT2D eigenvalue weighted by Crippen LogP contribution is -2.37. The van der Waals surface area contributed by atoms with Gasteiger partial charge in [-0.25, -0.2) is 0 Å². The summed E-state index contributed by atoms with van der Waals surface area (Å²) in [6.45, 7) is 6.36. The fraction of sp³-hybridized carbons (Fsp3) is 0.450. The molecule has 0 saturated carbocycles. The molecule has 0 spiro atoms. The number of carbonyl (C=O) groups is 2. The van der Waals surface area contributed by atoms with Crippen molar-refractivity contribution in [1.82, 2.24) is 10.5 Å². The van der Waals surface area contributed by atoms with E-state index in [0.29, 0.717) is 25.5 Å². The highest BCUT2D eigenvalue weighted by Gasteiger charge is 2.17. The molecule has 0 aliphatic carbocycles. The first kappa shape index (κ1) is 21.4. The van der Waals surface area contributed by atoms with E-state index in [4.69, 9.17) is 18.7 Å². The molecule has 0 radical (unpaired) electrons. The van der Waals surface area contributed by atoms with Gasteiger partial charge in [0.2, 0.25) is 0 Å². The summed E-state index contributed by atoms with van der Waals surface area (Å²) in [5.41, 5.74) is 2.49. The Kier molecular flexibility index (Phi) is 8.01. The molecule has 1 N–H and O–H groups in total. The van der Waals surface area contributed by atoms with Crippen LogP contribution in [-0.4, -0.2) is 43.4 Å². The Morgan fingerprint density at radius 1 is 1.21 bits per heavy atom. The number of aromatic nitrogens is 1. The van der Waals surface area contributed by atoms with Gasteiger partial charge in [-0.3, -0.25) is 9.59 Å². The second-order valence-electron chi connectivity index (χ2n) is 6.33. The van der Waals surface area contributed by atoms with Crippen molar-refractivity contribution >= 4 is 11.9 Å². The van der Waals surface area contributed by atoms with Crippen LogP contribution < -0.4 is 10.1 Å². The number of carbonyl (C=O) groups excluding carboxylic acids is 2. The van der Waals surface area contributed by atoms with Crippen molar-refractivity contribution < 1.29 is 28.3 Å². The highest BCUT2D eigenvalue weighted by atomic mass is 16.5. The van der Waals surface area contributed by atoms with Gasteiger partial charge in [0.05, 0.1) is 24.3 Å². The molecule has 0 aliphatic rings. The minimum Gasteiger partial charge on any atom is -0.489 e. The Balaban J connectivity index is 1.79. The Hall–Kier alpha value is -2.87. The summed E-state index contributed by atoms with van der Waals surface area (Å²) in [5, 5.41) is 6.52. The molecule has 152 valence electrons. The van der Waals surface area contributed by atoms with E-state index in [0.717, 1.165) is 22.6 Å². The number of rotatable bonds is 10. The van der Waals surface area contributed by atoms with Crippen molar-refractivity contribution in [3.63, 3.8) is 0 Å². The summed E-state index contributed by atoms with van der Waals surface area (Å²) in [5.74, 6) is 0.576. The number of nitrogens with zero attached hydrogens (tertiary/aromatic N) is 1. The third kappa shape index (κ3) is 6.38. The van der Waals surface area contributed by atoms with Crippen LogP contribution >= 0.6 is 0 Å². The van der Waals surface area contributed by atoms with Crippen molar-refractivity contribution in [2.75, 3.05) is 20.3 Å². The van der Waals surface area contributed by atoms with Crippen molar-refractivity contribution in [2.24, 2.45) is 0 Å². The van der Waals surface area contributed by atoms with Crippen molar-refractivity contribution in [2.45, 2.75) is 39.9 Å². The molecular weight excluding hydrogens is 364 g/mol. The van der Waals surface area contributed by atoms with Crippen LogP contribution in [-0.2, 0) is 32.1 Å². The predicted octanol–water partition coefficient (Wildman–Crippen LogP) is 2.11. The molecule has 28 heavy (non-hydrogen) atoms. The topological polar surface area (TPSA) is 99.9 Å². The largest absolute Gasteiger partial charge is 0.489 e. The molecule has 1 aromatic carbocycles. The second kappa shape index (κ2) is 10.5. The number of ether oxygens (including phenoxy) is 3. The highest BCUT2D eigenvalue weighted by Crippen LogP contribution is 2.18. The van der Waals surface area contributed by atoms with Crippen molar-refractivity contribution in [3.8, 4) is 5.75 Å². The molecule has 1 atom stereocenters. The van der Waals surface area contributed by atoms with Gasteiger partial charge in [0.25, 0.3) is 5.91 Å². The Bertz CT molecular complexity index is 765. The molecule has 0 fully saturated rings. The Labute approximate surface area is 164 Å². The van der Waals surface area contributed by atoms with Gasteiger partial charge in [0, 0.05) is 13.7 Å². The molecule has 8 heteroatoms. The number of hydrogen-bond acceptors (Lipinski definition) is 7. The molecule has 8 nitrogen and oxygen atoms in total. The number of benzene rings is 1. The zero-order chi connectivity index (χ0) is 20.5. The first-order valence-electron chi connectivity index (χ1n) is 9.00. The maximum absolute atomic E-state index is 12.0. The Morgan fingerprint density at radius 3 is 2.54 bits per heavy atom. The van der Waals surface area contributed by atoms with Crippen molar-refractivity contribution in [3.05, 3.63) is 46.8 Å². The monoisotopic (exact) mass is 390 g/mol. The quantitative estimate of drug-likeness (QED) is 0.490. The average Bonchev–Trinajstić information content (AvgIpc) is 2.99. The van der Waals surface area contributed by atoms with Crippen LogP contribution in [0.5, 0.6) is 5.75 Å². The summed E-state index contributed by atoms with van der Waals surface area (Å²) in [7, 11) is 1.54. The predicted molar refractivity (Wildman–Crippen MR) is 101 cm³/mol. The highest BCUT2D eigenvalue weighted by molar-refractivity contribution is 5.83. The van der Waals surface area contributed by atoms with Crippen LogP contribution in [0.4, 0.5) is 0 Å². The lowest BCUT2D eigenvalue weighted by Gasteiger charge is -2.13. The third-order valence-corrected chi connectivity index (χ3v) is 4.12. The first-order chi connectivity index (χ1) is 13.4. The third-order valence-electron chi connectivity index (χ3n) is 4.12. The van der Waals surface area contributed by atoms with Crippen LogP contribution in [0.25, 0.3) is 0 Å². The smallest absolute Gasteiger partial charge is 0.311 e. The van der Waals surface area contributed by atoms with E-state index in [9.17, 15) is 9.59 Å². The van der Waals surface area contributed by atoms with Crippen LogP contribution in [0.3, 0.4) is 0 Å². The van der Waals surface area contributed by atoms with Gasteiger partial charge < -0.3 is 24.1 Å². The van der Waals surface area contributed by atoms with Crippen molar-refractivity contribution in [1.29, 1.82) is 0 Å². The molecule has 2 rings (SSSR count). The fourth-order valence-electron chi connectivity index (χ4n) is 2.45. The number of methoxy groups -OCH3 is 1. The number of nitrogens with one attached hydrogen (secondary N) is 1. The summed E-state index contributed by atoms with van der Waals surface area (Å²) >= 11 is 0. The number of esters is 1. The lowest BCUT2D eigenvalue weighted by molar-refractivity contribution is -0.154. The summed E-state index contributed by atoms with van der Waals surface area (Å²) in [4.78, 5) is 23.8. The number of aryl methyl sites for hydroxylation is 2. The zero-order valence-electron chi connectivity index (χ0n) is 16.6. The molecule has 0 bridgehead atoms. The fourth-order valence-corrected chi connectivity index (χ4v) is 2.45. The molecular formula is C20H26N2O6. The van der Waals surface area contributed by atoms with Gasteiger partial charge in [0.15, 0.2) is 6.10 Å². The van der Waals surface area contributed by atoms with Gasteiger partial charge in [-0.1, -0.05) is 17.3 Å². The maximum atomic E-state index is 12.0. The number of amides is 1. The van der Waals surface area contributed by atoms with E-state index in [1.54, 1.807) is 31.4 Å². The SMILES string of the molecule is COCCNC(=O)[C@@H](C)OC(=O)Cc1ccc(OCc2c(C)noc2C)cc1. The minimum absolute atomic E-state index is 0.0693. The first-order valence-corrected chi connectivity index (χ1v) is 9.00. The van der Waals surface area contributed by atoms with Gasteiger partial charge >= 0.3 is 5.97 Å². The van der Waals surface area contributed by atoms with E-state index in [-0.39, 0.29) is 12.3 Å². The second-order valence-corrected chi connectivity index (χ2v) is 6.33. The van der Waals surface area contributed by atoms with Crippen LogP contribution in [0, 0.1) is 13.8 Å². The van der Waals surface area contributed by atoms with E-state index in [2.05, 4.69) is 10.5 Å². The minimum atomic E-state index is -0.859. The van der Waals surface area contributed by atoms with E-state index >= 15 is 0 Å². The molecule has 0 aliphatic heterocycles. The molecule has 0 unspecified atom stereocenters. The average molecular weight is 390 g/mol. The van der Waals surface area contributed by atoms with Crippen LogP contribution in [0.15, 0.2) is 28.8 Å². The van der Waals surface area contributed by atoms with E-state index in [1.807, 2.05) is 13.8 Å². The van der Waals surface area contributed by atoms with Crippen LogP contribution in [0.1, 0.15) is 29.5 Å². The Morgan fingerprint density at radius 2 is 1.93 bits per heavy atom. The summed E-state index contributed by atoms with van der Waals surface area (Å²) in [6.07, 6.45) is -0.790. The normalized spacial score (nSPS) is 11.7. The van der Waals surface area contributed by atoms with E-state index < -0.39 is 12.1 Å². The summed E-state index contributed by atoms with van der Waals surface area (Å²) in [6, 6.07) is 7.13. The molecule has 1 heterocycles. The molecule has 1 amide bonds. The van der Waals surface area contributed by atoms with Gasteiger partial charge in [0.1, 0.15) is 18.1 Å². The molecule has 1 aromatic heterocycles. The lowest BCUT2D eigenvalue weighted by atomic mass is 10.1. The standard InChI is InChI=1S/C20H26N2O6/c1-13-18(14(2)28-22-13)12-26-17-7-5-16(6-8-17)11-19(23)27-15(3)20(24)21-9-10-25-4/h5-8,15H,9-12H2,1-4H3,(H,21,24)/t15-/m1/s1. The number of hydrogen-bond donors (Lipinski definition) is 1. The summed E-state index contributed by atoms with van der Waals surface area (Å²) < 4.78 is 20.9. The van der Waals surface area contributed by atoms with Gasteiger partial charge in [-0.05, 0) is 38.5 Å². The van der Waals surface area contributed by atoms with Crippen LogP contribution in [0.2, 0.25) is 0 Å². The van der Waals surface area contributed by atoms with Gasteiger partial charge in [-0.2, -0.15) is 0 Å². The van der Waals surface area contributed by atoms with Gasteiger partial charge in [-0.15, -0.1) is 0 Å².